The Balaban J connectivity index is 3.31. The molecule has 0 atom stereocenters. The van der Waals surface area contributed by atoms with Gasteiger partial charge in [-0.2, -0.15) is 0 Å². The van der Waals surface area contributed by atoms with Crippen molar-refractivity contribution in [1.29, 1.82) is 0 Å². The van der Waals surface area contributed by atoms with Crippen LogP contribution in [-0.4, -0.2) is 32.3 Å². The van der Waals surface area contributed by atoms with Gasteiger partial charge in [0.05, 0.1) is 32.3 Å². The minimum atomic E-state index is -1.27. The van der Waals surface area contributed by atoms with E-state index in [9.17, 15) is 0 Å². The summed E-state index contributed by atoms with van der Waals surface area (Å²) in [5.41, 5.74) is 2.76. The van der Waals surface area contributed by atoms with E-state index >= 15 is 0 Å². The van der Waals surface area contributed by atoms with Crippen molar-refractivity contribution in [1.82, 2.24) is 0 Å². The molecule has 0 heterocycles. The second-order valence-electron chi connectivity index (χ2n) is 11.8. The van der Waals surface area contributed by atoms with Gasteiger partial charge in [-0.1, -0.05) is 125 Å². The molecule has 0 aliphatic heterocycles. The largest absolute Gasteiger partial charge is 0.0906 e. The lowest BCUT2D eigenvalue weighted by atomic mass is 10.1. The summed E-state index contributed by atoms with van der Waals surface area (Å²) in [5, 5.41) is 0. The molecule has 4 heteroatoms. The molecule has 0 fully saturated rings. The summed E-state index contributed by atoms with van der Waals surface area (Å²) in [5.74, 6) is 0. The molecule has 1 aromatic rings. The van der Waals surface area contributed by atoms with Crippen molar-refractivity contribution in [2.45, 2.75) is 78.6 Å². The van der Waals surface area contributed by atoms with Gasteiger partial charge in [0.1, 0.15) is 0 Å². The van der Waals surface area contributed by atoms with Crippen LogP contribution in [0.15, 0.2) is 33.9 Å². The van der Waals surface area contributed by atoms with Gasteiger partial charge >= 0.3 is 0 Å². The maximum atomic E-state index is 2.52. The first-order chi connectivity index (χ1) is 11.4. The van der Waals surface area contributed by atoms with Crippen LogP contribution in [0, 0.1) is 0 Å². The van der Waals surface area contributed by atoms with E-state index < -0.39 is 32.3 Å². The quantitative estimate of drug-likeness (QED) is 0.411. The zero-order chi connectivity index (χ0) is 20.6. The van der Waals surface area contributed by atoms with Crippen molar-refractivity contribution < 1.29 is 0 Å². The number of hydrogen-bond donors (Lipinski definition) is 0. The predicted molar refractivity (Wildman–Crippen MR) is 136 cm³/mol. The van der Waals surface area contributed by atoms with Gasteiger partial charge in [-0.25, -0.2) is 0 Å². The standard InChI is InChI=1S/C22H42Si4/c1-23(2,3)21(24(4,5)6)17-19-13-15-20(16-14-19)18-22(25(7,8)9)26(10,11)12/h13-18H,1-12H3. The summed E-state index contributed by atoms with van der Waals surface area (Å²) in [7, 11) is -5.09. The van der Waals surface area contributed by atoms with E-state index in [1.54, 1.807) is 9.64 Å². The zero-order valence-electron chi connectivity index (χ0n) is 19.5. The Kier molecular flexibility index (Phi) is 7.17. The fourth-order valence-electron chi connectivity index (χ4n) is 4.14. The first-order valence-electron chi connectivity index (χ1n) is 9.98. The maximum absolute atomic E-state index is 2.52. The molecule has 26 heavy (non-hydrogen) atoms. The third-order valence-electron chi connectivity index (χ3n) is 4.79. The molecule has 1 aromatic carbocycles. The van der Waals surface area contributed by atoms with Crippen LogP contribution in [0.5, 0.6) is 0 Å². The van der Waals surface area contributed by atoms with Gasteiger partial charge in [-0.3, -0.25) is 0 Å². The molecule has 0 unspecified atom stereocenters. The fourth-order valence-corrected chi connectivity index (χ4v) is 24.5. The van der Waals surface area contributed by atoms with Gasteiger partial charge in [0.15, 0.2) is 0 Å². The van der Waals surface area contributed by atoms with Crippen LogP contribution < -0.4 is 0 Å². The second kappa shape index (κ2) is 7.90. The lowest BCUT2D eigenvalue weighted by Crippen LogP contribution is -2.39. The topological polar surface area (TPSA) is 0 Å². The Morgan fingerprint density at radius 1 is 0.462 bits per heavy atom. The SMILES string of the molecule is C[Si](C)(C)C(=Cc1ccc(C=C([Si](C)(C)C)[Si](C)(C)C)cc1)[Si](C)(C)C. The Labute approximate surface area is 167 Å². The first kappa shape index (κ1) is 23.6. The Bertz CT molecular complexity index is 574. The highest BCUT2D eigenvalue weighted by Gasteiger charge is 2.31. The van der Waals surface area contributed by atoms with Crippen molar-refractivity contribution in [3.63, 3.8) is 0 Å². The van der Waals surface area contributed by atoms with E-state index in [1.165, 1.54) is 11.1 Å². The minimum absolute atomic E-state index is 1.27. The third-order valence-corrected chi connectivity index (χ3v) is 20.8. The lowest BCUT2D eigenvalue weighted by Gasteiger charge is -2.32. The Hall–Kier alpha value is -0.432. The highest BCUT2D eigenvalue weighted by Crippen LogP contribution is 2.29. The van der Waals surface area contributed by atoms with Crippen LogP contribution in [-0.2, 0) is 0 Å². The number of hydrogen-bond acceptors (Lipinski definition) is 0. The predicted octanol–water partition coefficient (Wildman–Crippen LogP) is 7.96. The average Bonchev–Trinajstić information content (AvgIpc) is 2.38. The smallest absolute Gasteiger partial charge is 0.0682 e. The lowest BCUT2D eigenvalue weighted by molar-refractivity contribution is 1.58. The van der Waals surface area contributed by atoms with Gasteiger partial charge in [0.2, 0.25) is 0 Å². The molecule has 0 saturated carbocycles. The minimum Gasteiger partial charge on any atom is -0.0906 e. The van der Waals surface area contributed by atoms with Crippen LogP contribution >= 0.6 is 0 Å². The molecule has 0 radical (unpaired) electrons. The van der Waals surface area contributed by atoms with Crippen molar-refractivity contribution in [2.75, 3.05) is 0 Å². The molecule has 0 aliphatic carbocycles. The molecule has 0 aromatic heterocycles. The summed E-state index contributed by atoms with van der Waals surface area (Å²) in [4.78, 5) is 3.55. The van der Waals surface area contributed by atoms with Gasteiger partial charge in [-0.05, 0) is 11.1 Å². The summed E-state index contributed by atoms with van der Waals surface area (Å²) < 4.78 is 0. The average molecular weight is 419 g/mol. The summed E-state index contributed by atoms with van der Waals surface area (Å²) >= 11 is 0. The molecular formula is C22H42Si4. The van der Waals surface area contributed by atoms with Gasteiger partial charge in [-0.15, -0.1) is 0 Å². The molecule has 0 aliphatic rings. The summed E-state index contributed by atoms with van der Waals surface area (Å²) in [6.45, 7) is 29.9. The van der Waals surface area contributed by atoms with Crippen LogP contribution in [0.1, 0.15) is 11.1 Å². The normalized spacial score (nSPS) is 13.4. The van der Waals surface area contributed by atoms with Crippen LogP contribution in [0.2, 0.25) is 78.6 Å². The van der Waals surface area contributed by atoms with Gasteiger partial charge in [0.25, 0.3) is 0 Å². The molecule has 0 N–H and O–H groups in total. The third kappa shape index (κ3) is 6.95. The molecular weight excluding hydrogens is 377 g/mol. The molecule has 0 bridgehead atoms. The monoisotopic (exact) mass is 418 g/mol. The second-order valence-corrected chi connectivity index (χ2v) is 32.9. The van der Waals surface area contributed by atoms with Crippen LogP contribution in [0.3, 0.4) is 0 Å². The summed E-state index contributed by atoms with van der Waals surface area (Å²) in [6, 6.07) is 9.33. The van der Waals surface area contributed by atoms with Crippen molar-refractivity contribution >= 4 is 44.4 Å². The Morgan fingerprint density at radius 2 is 0.654 bits per heavy atom. The van der Waals surface area contributed by atoms with Gasteiger partial charge in [0, 0.05) is 0 Å². The number of benzene rings is 1. The van der Waals surface area contributed by atoms with Crippen molar-refractivity contribution in [2.24, 2.45) is 0 Å². The maximum Gasteiger partial charge on any atom is 0.0682 e. The first-order valence-corrected chi connectivity index (χ1v) is 24.0. The molecule has 0 spiro atoms. The van der Waals surface area contributed by atoms with E-state index in [1.807, 2.05) is 0 Å². The van der Waals surface area contributed by atoms with Crippen LogP contribution in [0.4, 0.5) is 0 Å². The molecule has 146 valence electrons. The van der Waals surface area contributed by atoms with E-state index in [4.69, 9.17) is 0 Å². The van der Waals surface area contributed by atoms with Gasteiger partial charge < -0.3 is 0 Å². The molecule has 1 rings (SSSR count). The van der Waals surface area contributed by atoms with Crippen molar-refractivity contribution in [3.05, 3.63) is 45.0 Å². The van der Waals surface area contributed by atoms with Crippen LogP contribution in [0.25, 0.3) is 12.2 Å². The molecule has 0 amide bonds. The number of rotatable bonds is 6. The fraction of sp³-hybridized carbons (Fsp3) is 0.545. The van der Waals surface area contributed by atoms with Crippen molar-refractivity contribution in [3.8, 4) is 0 Å². The zero-order valence-corrected chi connectivity index (χ0v) is 23.5. The van der Waals surface area contributed by atoms with E-state index in [0.717, 1.165) is 0 Å². The molecule has 0 saturated heterocycles. The highest BCUT2D eigenvalue weighted by atomic mass is 28.4. The summed E-state index contributed by atoms with van der Waals surface area (Å²) in [6.07, 6.45) is 5.04. The van der Waals surface area contributed by atoms with E-state index in [2.05, 4.69) is 115 Å². The molecule has 0 nitrogen and oxygen atoms in total. The Morgan fingerprint density at radius 3 is 0.808 bits per heavy atom. The van der Waals surface area contributed by atoms with E-state index in [0.29, 0.717) is 0 Å². The van der Waals surface area contributed by atoms with E-state index in [-0.39, 0.29) is 0 Å². The highest BCUT2D eigenvalue weighted by molar-refractivity contribution is 7.06.